The lowest BCUT2D eigenvalue weighted by Crippen LogP contribution is -2.37. The molecule has 27 heteroatoms. The SMILES string of the molecule is FC(F)(F)CON1P(OCC(F)(F)F)N=P(OCC2CC3C=CC2C3)(OCC(F)(F)F)N(OCC(F)(F)F)P1OCC(F)(F)F. The van der Waals surface area contributed by atoms with E-state index in [1.54, 1.807) is 12.2 Å². The molecule has 0 aromatic carbocycles. The Kier molecular flexibility index (Phi) is 12.6. The van der Waals surface area contributed by atoms with E-state index in [0.29, 0.717) is 12.8 Å². The summed E-state index contributed by atoms with van der Waals surface area (Å²) >= 11 is 0. The number of allylic oxidation sites excluding steroid dienone is 2. The molecule has 1 saturated carbocycles. The van der Waals surface area contributed by atoms with Crippen molar-refractivity contribution >= 4 is 24.6 Å². The third-order valence-corrected chi connectivity index (χ3v) is 12.5. The largest absolute Gasteiger partial charge is 0.413 e. The summed E-state index contributed by atoms with van der Waals surface area (Å²) in [7, 11) is -13.5. The molecule has 3 aliphatic rings. The predicted octanol–water partition coefficient (Wildman–Crippen LogP) is 8.96. The molecule has 0 N–H and O–H groups in total. The van der Waals surface area contributed by atoms with Crippen molar-refractivity contribution < 1.29 is 93.6 Å². The fraction of sp³-hybridized carbons (Fsp3) is 0.889. The van der Waals surface area contributed by atoms with E-state index in [1.165, 1.54) is 0 Å². The van der Waals surface area contributed by atoms with Crippen LogP contribution in [0.4, 0.5) is 65.9 Å². The first kappa shape index (κ1) is 38.9. The number of nitrogens with zero attached hydrogens (tertiary/aromatic N) is 3. The van der Waals surface area contributed by atoms with Crippen molar-refractivity contribution in [1.29, 1.82) is 0 Å². The van der Waals surface area contributed by atoms with Gasteiger partial charge < -0.3 is 18.1 Å². The summed E-state index contributed by atoms with van der Waals surface area (Å²) < 4.78 is 219. The molecular formula is C18H21F15N3O6P3. The first-order valence-corrected chi connectivity index (χ1v) is 15.9. The average molecular weight is 753 g/mol. The van der Waals surface area contributed by atoms with Gasteiger partial charge in [-0.2, -0.15) is 70.4 Å². The zero-order valence-corrected chi connectivity index (χ0v) is 24.5. The fourth-order valence-corrected chi connectivity index (χ4v) is 11.8. The molecule has 9 nitrogen and oxygen atoms in total. The Morgan fingerprint density at radius 2 is 1.18 bits per heavy atom. The van der Waals surface area contributed by atoms with Gasteiger partial charge in [-0.3, -0.25) is 9.68 Å². The maximum Gasteiger partial charge on any atom is 0.413 e. The van der Waals surface area contributed by atoms with Crippen molar-refractivity contribution in [3.05, 3.63) is 12.2 Å². The Bertz CT molecular complexity index is 1070. The summed E-state index contributed by atoms with van der Waals surface area (Å²) in [5, 5.41) is 0. The Morgan fingerprint density at radius 1 is 0.644 bits per heavy atom. The van der Waals surface area contributed by atoms with E-state index >= 15 is 0 Å². The van der Waals surface area contributed by atoms with Gasteiger partial charge in [0.1, 0.15) is 6.61 Å². The Hall–Kier alpha value is -0.540. The highest BCUT2D eigenvalue weighted by molar-refractivity contribution is 7.78. The summed E-state index contributed by atoms with van der Waals surface area (Å²) in [5.41, 5.74) is 0. The molecule has 6 atom stereocenters. The average Bonchev–Trinajstić information content (AvgIpc) is 3.48. The van der Waals surface area contributed by atoms with Gasteiger partial charge in [0.15, 0.2) is 26.4 Å². The topological polar surface area (TPSA) is 74.2 Å². The molecule has 264 valence electrons. The van der Waals surface area contributed by atoms with Crippen LogP contribution in [-0.4, -0.2) is 79.7 Å². The molecule has 45 heavy (non-hydrogen) atoms. The molecule has 0 spiro atoms. The van der Waals surface area contributed by atoms with Gasteiger partial charge in [-0.1, -0.05) is 16.8 Å². The lowest BCUT2D eigenvalue weighted by Gasteiger charge is -2.45. The molecule has 0 amide bonds. The van der Waals surface area contributed by atoms with Gasteiger partial charge in [-0.15, -0.1) is 0 Å². The molecule has 2 bridgehead atoms. The van der Waals surface area contributed by atoms with Crippen molar-refractivity contribution in [3.8, 4) is 0 Å². The molecule has 0 aromatic rings. The van der Waals surface area contributed by atoms with Crippen LogP contribution in [0.25, 0.3) is 0 Å². The van der Waals surface area contributed by atoms with Crippen LogP contribution in [0.5, 0.6) is 0 Å². The lowest BCUT2D eigenvalue weighted by atomic mass is 9.95. The van der Waals surface area contributed by atoms with Gasteiger partial charge in [0.2, 0.25) is 0 Å². The number of hydrogen-bond donors (Lipinski definition) is 0. The number of rotatable bonds is 13. The number of halogens is 15. The maximum absolute atomic E-state index is 13.3. The van der Waals surface area contributed by atoms with Crippen LogP contribution in [-0.2, 0) is 27.8 Å². The quantitative estimate of drug-likeness (QED) is 0.105. The van der Waals surface area contributed by atoms with E-state index in [0.717, 1.165) is 0 Å². The number of alkyl halides is 15. The first-order chi connectivity index (χ1) is 20.3. The molecule has 6 unspecified atom stereocenters. The molecule has 0 radical (unpaired) electrons. The first-order valence-electron chi connectivity index (χ1n) is 12.0. The van der Waals surface area contributed by atoms with E-state index < -0.39 is 110 Å². The van der Waals surface area contributed by atoms with Crippen molar-refractivity contribution in [1.82, 2.24) is 9.21 Å². The van der Waals surface area contributed by atoms with E-state index in [-0.39, 0.29) is 11.8 Å². The van der Waals surface area contributed by atoms with Gasteiger partial charge in [0, 0.05) is 0 Å². The van der Waals surface area contributed by atoms with E-state index in [4.69, 9.17) is 4.52 Å². The van der Waals surface area contributed by atoms with Crippen LogP contribution >= 0.6 is 24.6 Å². The van der Waals surface area contributed by atoms with Crippen molar-refractivity contribution in [2.75, 3.05) is 39.6 Å². The van der Waals surface area contributed by atoms with E-state index in [1.807, 2.05) is 0 Å². The highest BCUT2D eigenvalue weighted by Gasteiger charge is 2.56. The van der Waals surface area contributed by atoms with E-state index in [9.17, 15) is 65.9 Å². The van der Waals surface area contributed by atoms with Gasteiger partial charge in [0.05, 0.1) is 6.61 Å². The van der Waals surface area contributed by atoms with E-state index in [2.05, 4.69) is 27.8 Å². The third-order valence-electron chi connectivity index (χ3n) is 5.49. The van der Waals surface area contributed by atoms with Crippen LogP contribution < -0.4 is 0 Å². The molecule has 2 aliphatic carbocycles. The second kappa shape index (κ2) is 14.5. The summed E-state index contributed by atoms with van der Waals surface area (Å²) in [6.45, 7) is -13.1. The number of fused-ring (bicyclic) bond motifs is 2. The molecule has 1 heterocycles. The highest BCUT2D eigenvalue weighted by Crippen LogP contribution is 2.80. The smallest absolute Gasteiger partial charge is 0.318 e. The molecule has 0 aromatic heterocycles. The summed E-state index contributed by atoms with van der Waals surface area (Å²) in [6, 6.07) is 0. The van der Waals surface area contributed by atoms with Gasteiger partial charge in [-0.05, 0) is 35.2 Å². The van der Waals surface area contributed by atoms with Crippen LogP contribution in [0.15, 0.2) is 16.7 Å². The van der Waals surface area contributed by atoms with Crippen molar-refractivity contribution in [3.63, 3.8) is 0 Å². The van der Waals surface area contributed by atoms with Crippen molar-refractivity contribution in [2.45, 2.75) is 43.7 Å². The van der Waals surface area contributed by atoms with Gasteiger partial charge in [0.25, 0.3) is 16.9 Å². The second-order valence-corrected chi connectivity index (χ2v) is 15.2. The lowest BCUT2D eigenvalue weighted by molar-refractivity contribution is -0.224. The molecule has 1 aliphatic heterocycles. The summed E-state index contributed by atoms with van der Waals surface area (Å²) in [6.07, 6.45) is -22.5. The Balaban J connectivity index is 2.18. The third kappa shape index (κ3) is 12.8. The molecule has 1 fully saturated rings. The molecular weight excluding hydrogens is 732 g/mol. The van der Waals surface area contributed by atoms with Crippen molar-refractivity contribution in [2.24, 2.45) is 22.3 Å². The normalized spacial score (nSPS) is 30.3. The predicted molar refractivity (Wildman–Crippen MR) is 122 cm³/mol. The molecule has 3 rings (SSSR count). The Morgan fingerprint density at radius 3 is 1.67 bits per heavy atom. The van der Waals surface area contributed by atoms with Crippen LogP contribution in [0.1, 0.15) is 12.8 Å². The summed E-state index contributed by atoms with van der Waals surface area (Å²) in [4.78, 5) is 8.72. The zero-order valence-electron chi connectivity index (χ0n) is 21.8. The maximum atomic E-state index is 13.3. The van der Waals surface area contributed by atoms with Crippen LogP contribution in [0.3, 0.4) is 0 Å². The van der Waals surface area contributed by atoms with Crippen LogP contribution in [0.2, 0.25) is 0 Å². The minimum absolute atomic E-state index is 0.0411. The summed E-state index contributed by atoms with van der Waals surface area (Å²) in [5.74, 6) is -0.916. The number of hydrogen-bond acceptors (Lipinski definition) is 9. The zero-order chi connectivity index (χ0) is 34.1. The van der Waals surface area contributed by atoms with Crippen LogP contribution in [0, 0.1) is 17.8 Å². The fourth-order valence-electron chi connectivity index (χ4n) is 3.94. The Labute approximate surface area is 245 Å². The van der Waals surface area contributed by atoms with Gasteiger partial charge in [-0.25, -0.2) is 0 Å². The minimum Gasteiger partial charge on any atom is -0.318 e. The molecule has 0 saturated heterocycles. The minimum atomic E-state index is -5.47. The highest BCUT2D eigenvalue weighted by atomic mass is 31.3. The monoisotopic (exact) mass is 753 g/mol. The van der Waals surface area contributed by atoms with Gasteiger partial charge >= 0.3 is 38.5 Å². The standard InChI is InChI=1S/C18H21F15N3O6P3/c19-14(20,21)6-37-35-43(39-8-16(25,26)27)34-45(42-10-18(31,32)33,41-5-13-4-11-1-2-12(13)3-11)36(38-7-15(22,23)24)44(35)40-9-17(28,29)30/h1-2,11-13H,3-10H2. The second-order valence-electron chi connectivity index (χ2n) is 9.37.